The van der Waals surface area contributed by atoms with E-state index in [0.29, 0.717) is 19.1 Å². The Kier molecular flexibility index (Phi) is 5.28. The minimum atomic E-state index is 0.598. The molecule has 0 aromatic carbocycles. The maximum absolute atomic E-state index is 4.93. The first kappa shape index (κ1) is 12.1. The third-order valence-corrected chi connectivity index (χ3v) is 1.90. The average Bonchev–Trinajstić information content (AvgIpc) is 2.59. The van der Waals surface area contributed by atoms with Crippen molar-refractivity contribution in [2.24, 2.45) is 5.92 Å². The van der Waals surface area contributed by atoms with Gasteiger partial charge in [-0.15, -0.1) is 0 Å². The van der Waals surface area contributed by atoms with Crippen LogP contribution in [0.25, 0.3) is 0 Å². The Hall–Kier alpha value is -0.940. The zero-order valence-corrected chi connectivity index (χ0v) is 9.73. The van der Waals surface area contributed by atoms with Gasteiger partial charge in [-0.05, 0) is 5.92 Å². The van der Waals surface area contributed by atoms with Crippen molar-refractivity contribution in [2.45, 2.75) is 26.9 Å². The quantitative estimate of drug-likeness (QED) is 0.675. The number of hydrogen-bond donors (Lipinski definition) is 1. The van der Waals surface area contributed by atoms with E-state index in [2.05, 4.69) is 29.2 Å². The molecule has 0 unspecified atom stereocenters. The van der Waals surface area contributed by atoms with Crippen molar-refractivity contribution in [2.75, 3.05) is 20.3 Å². The molecule has 1 rings (SSSR count). The average molecular weight is 212 g/mol. The molecule has 86 valence electrons. The molecule has 15 heavy (non-hydrogen) atoms. The van der Waals surface area contributed by atoms with Gasteiger partial charge in [0, 0.05) is 20.2 Å². The summed E-state index contributed by atoms with van der Waals surface area (Å²) in [5.41, 5.74) is 0. The molecule has 0 radical (unpaired) electrons. The molecule has 1 aromatic heterocycles. The van der Waals surface area contributed by atoms with E-state index >= 15 is 0 Å². The minimum Gasteiger partial charge on any atom is -0.383 e. The highest BCUT2D eigenvalue weighted by Gasteiger charge is 2.01. The number of rotatable bonds is 7. The molecule has 0 spiro atoms. The topological polar surface area (TPSA) is 52.0 Å². The summed E-state index contributed by atoms with van der Waals surface area (Å²) < 4.78 is 6.82. The zero-order valence-electron chi connectivity index (χ0n) is 9.73. The second kappa shape index (κ2) is 6.53. The van der Waals surface area contributed by atoms with Gasteiger partial charge >= 0.3 is 0 Å². The highest BCUT2D eigenvalue weighted by atomic mass is 16.5. The Morgan fingerprint density at radius 3 is 3.00 bits per heavy atom. The van der Waals surface area contributed by atoms with Crippen LogP contribution in [0.2, 0.25) is 0 Å². The molecule has 0 aliphatic heterocycles. The van der Waals surface area contributed by atoms with E-state index in [1.165, 1.54) is 0 Å². The Morgan fingerprint density at radius 1 is 1.53 bits per heavy atom. The third-order valence-electron chi connectivity index (χ3n) is 1.90. The van der Waals surface area contributed by atoms with Crippen molar-refractivity contribution in [1.29, 1.82) is 0 Å². The molecule has 0 aliphatic carbocycles. The molecule has 0 atom stereocenters. The SMILES string of the molecule is COCCNCc1ncn(CC(C)C)n1. The van der Waals surface area contributed by atoms with Crippen molar-refractivity contribution in [1.82, 2.24) is 20.1 Å². The first-order chi connectivity index (χ1) is 7.22. The van der Waals surface area contributed by atoms with Crippen LogP contribution in [0.4, 0.5) is 0 Å². The molecule has 5 nitrogen and oxygen atoms in total. The van der Waals surface area contributed by atoms with E-state index in [1.54, 1.807) is 13.4 Å². The van der Waals surface area contributed by atoms with Crippen molar-refractivity contribution < 1.29 is 4.74 Å². The second-order valence-corrected chi connectivity index (χ2v) is 3.95. The van der Waals surface area contributed by atoms with E-state index in [0.717, 1.165) is 18.9 Å². The van der Waals surface area contributed by atoms with Gasteiger partial charge in [0.25, 0.3) is 0 Å². The molecule has 1 heterocycles. The molecule has 0 saturated carbocycles. The molecular formula is C10H20N4O. The normalized spacial score (nSPS) is 11.2. The summed E-state index contributed by atoms with van der Waals surface area (Å²) >= 11 is 0. The Labute approximate surface area is 90.8 Å². The highest BCUT2D eigenvalue weighted by molar-refractivity contribution is 4.80. The van der Waals surface area contributed by atoms with Crippen molar-refractivity contribution >= 4 is 0 Å². The Balaban J connectivity index is 2.26. The van der Waals surface area contributed by atoms with Crippen LogP contribution in [0.1, 0.15) is 19.7 Å². The standard InChI is InChI=1S/C10H20N4O/c1-9(2)7-14-8-12-10(13-14)6-11-4-5-15-3/h8-9,11H,4-7H2,1-3H3. The van der Waals surface area contributed by atoms with Crippen LogP contribution < -0.4 is 5.32 Å². The van der Waals surface area contributed by atoms with Gasteiger partial charge in [0.05, 0.1) is 13.2 Å². The van der Waals surface area contributed by atoms with Gasteiger partial charge in [-0.25, -0.2) is 4.98 Å². The molecule has 1 N–H and O–H groups in total. The van der Waals surface area contributed by atoms with Crippen LogP contribution in [0.15, 0.2) is 6.33 Å². The van der Waals surface area contributed by atoms with E-state index in [-0.39, 0.29) is 0 Å². The van der Waals surface area contributed by atoms with Crippen molar-refractivity contribution in [3.05, 3.63) is 12.2 Å². The highest BCUT2D eigenvalue weighted by Crippen LogP contribution is 1.97. The lowest BCUT2D eigenvalue weighted by atomic mass is 10.2. The monoisotopic (exact) mass is 212 g/mol. The van der Waals surface area contributed by atoms with Gasteiger partial charge in [0.2, 0.25) is 0 Å². The smallest absolute Gasteiger partial charge is 0.164 e. The number of nitrogens with zero attached hydrogens (tertiary/aromatic N) is 3. The van der Waals surface area contributed by atoms with E-state index < -0.39 is 0 Å². The number of aromatic nitrogens is 3. The van der Waals surface area contributed by atoms with Crippen LogP contribution in [0.5, 0.6) is 0 Å². The summed E-state index contributed by atoms with van der Waals surface area (Å²) in [5, 5.41) is 7.56. The summed E-state index contributed by atoms with van der Waals surface area (Å²) in [5.74, 6) is 1.44. The predicted molar refractivity (Wildman–Crippen MR) is 58.4 cm³/mol. The van der Waals surface area contributed by atoms with Gasteiger partial charge in [-0.3, -0.25) is 4.68 Å². The molecule has 5 heteroatoms. The fraction of sp³-hybridized carbons (Fsp3) is 0.800. The third kappa shape index (κ3) is 4.90. The fourth-order valence-electron chi connectivity index (χ4n) is 1.25. The molecule has 0 aliphatic rings. The van der Waals surface area contributed by atoms with Crippen molar-refractivity contribution in [3.63, 3.8) is 0 Å². The molecule has 0 bridgehead atoms. The van der Waals surface area contributed by atoms with Gasteiger partial charge in [-0.1, -0.05) is 13.8 Å². The lowest BCUT2D eigenvalue weighted by Crippen LogP contribution is -2.19. The summed E-state index contributed by atoms with van der Waals surface area (Å²) in [4.78, 5) is 4.22. The second-order valence-electron chi connectivity index (χ2n) is 3.95. The van der Waals surface area contributed by atoms with E-state index in [4.69, 9.17) is 4.74 Å². The summed E-state index contributed by atoms with van der Waals surface area (Å²) in [6.45, 7) is 7.50. The minimum absolute atomic E-state index is 0.598. The van der Waals surface area contributed by atoms with Crippen LogP contribution in [0, 0.1) is 5.92 Å². The Morgan fingerprint density at radius 2 is 2.33 bits per heavy atom. The largest absolute Gasteiger partial charge is 0.383 e. The summed E-state index contributed by atoms with van der Waals surface area (Å²) in [7, 11) is 1.69. The number of methoxy groups -OCH3 is 1. The van der Waals surface area contributed by atoms with Crippen LogP contribution in [-0.2, 0) is 17.8 Å². The fourth-order valence-corrected chi connectivity index (χ4v) is 1.25. The first-order valence-electron chi connectivity index (χ1n) is 5.30. The lowest BCUT2D eigenvalue weighted by Gasteiger charge is -2.03. The summed E-state index contributed by atoms with van der Waals surface area (Å²) in [6.07, 6.45) is 1.79. The van der Waals surface area contributed by atoms with Gasteiger partial charge < -0.3 is 10.1 Å². The maximum Gasteiger partial charge on any atom is 0.164 e. The summed E-state index contributed by atoms with van der Waals surface area (Å²) in [6, 6.07) is 0. The van der Waals surface area contributed by atoms with Gasteiger partial charge in [-0.2, -0.15) is 5.10 Å². The Bertz CT molecular complexity index is 272. The van der Waals surface area contributed by atoms with Crippen LogP contribution in [-0.4, -0.2) is 35.0 Å². The predicted octanol–water partition coefficient (Wildman–Crippen LogP) is 0.670. The number of hydrogen-bond acceptors (Lipinski definition) is 4. The van der Waals surface area contributed by atoms with Crippen LogP contribution in [0.3, 0.4) is 0 Å². The lowest BCUT2D eigenvalue weighted by molar-refractivity contribution is 0.199. The van der Waals surface area contributed by atoms with E-state index in [9.17, 15) is 0 Å². The molecule has 0 saturated heterocycles. The molecule has 0 fully saturated rings. The van der Waals surface area contributed by atoms with Gasteiger partial charge in [0.15, 0.2) is 5.82 Å². The molecule has 0 amide bonds. The number of nitrogens with one attached hydrogen (secondary N) is 1. The van der Waals surface area contributed by atoms with Crippen molar-refractivity contribution in [3.8, 4) is 0 Å². The maximum atomic E-state index is 4.93. The molecule has 1 aromatic rings. The number of ether oxygens (including phenoxy) is 1. The molecular weight excluding hydrogens is 192 g/mol. The van der Waals surface area contributed by atoms with E-state index in [1.807, 2.05) is 4.68 Å². The van der Waals surface area contributed by atoms with Crippen LogP contribution >= 0.6 is 0 Å². The first-order valence-corrected chi connectivity index (χ1v) is 5.30. The zero-order chi connectivity index (χ0) is 11.1. The van der Waals surface area contributed by atoms with Gasteiger partial charge in [0.1, 0.15) is 6.33 Å².